The maximum absolute atomic E-state index is 11.6. The summed E-state index contributed by atoms with van der Waals surface area (Å²) in [6.07, 6.45) is 0. The predicted molar refractivity (Wildman–Crippen MR) is 64.7 cm³/mol. The van der Waals surface area contributed by atoms with Gasteiger partial charge >= 0.3 is 5.97 Å². The Balaban J connectivity index is 2.29. The highest BCUT2D eigenvalue weighted by Gasteiger charge is 2.07. The van der Waals surface area contributed by atoms with E-state index in [1.165, 1.54) is 11.8 Å². The zero-order valence-electron chi connectivity index (χ0n) is 9.14. The zero-order valence-corrected chi connectivity index (χ0v) is 9.96. The van der Waals surface area contributed by atoms with Crippen LogP contribution in [0.3, 0.4) is 0 Å². The highest BCUT2D eigenvalue weighted by molar-refractivity contribution is 8.00. The molecule has 0 aliphatic rings. The molecule has 0 saturated carbocycles. The fourth-order valence-electron chi connectivity index (χ4n) is 1.14. The van der Waals surface area contributed by atoms with Gasteiger partial charge in [-0.15, -0.1) is 11.8 Å². The Hall–Kier alpha value is -1.29. The molecule has 0 bridgehead atoms. The van der Waals surface area contributed by atoms with Crippen molar-refractivity contribution in [3.63, 3.8) is 0 Å². The molecule has 0 fully saturated rings. The Kier molecular flexibility index (Phi) is 5.64. The molecule has 0 aliphatic heterocycles. The van der Waals surface area contributed by atoms with Gasteiger partial charge in [-0.2, -0.15) is 0 Å². The molecule has 3 nitrogen and oxygen atoms in total. The predicted octanol–water partition coefficient (Wildman–Crippen LogP) is 2.17. The third-order valence-electron chi connectivity index (χ3n) is 1.85. The molecule has 16 heavy (non-hydrogen) atoms. The molecule has 1 rings (SSSR count). The van der Waals surface area contributed by atoms with E-state index in [0.717, 1.165) is 0 Å². The van der Waals surface area contributed by atoms with Crippen LogP contribution in [-0.2, 0) is 9.53 Å². The minimum Gasteiger partial charge on any atom is -0.465 e. The Morgan fingerprint density at radius 2 is 1.88 bits per heavy atom. The van der Waals surface area contributed by atoms with E-state index in [-0.39, 0.29) is 17.5 Å². The smallest absolute Gasteiger partial charge is 0.315 e. The van der Waals surface area contributed by atoms with E-state index in [2.05, 4.69) is 0 Å². The van der Waals surface area contributed by atoms with Crippen molar-refractivity contribution in [1.29, 1.82) is 0 Å². The first-order chi connectivity index (χ1) is 7.74. The molecule has 0 aliphatic carbocycles. The molecule has 0 saturated heterocycles. The van der Waals surface area contributed by atoms with E-state index in [1.54, 1.807) is 19.1 Å². The van der Waals surface area contributed by atoms with Crippen LogP contribution in [0.4, 0.5) is 0 Å². The van der Waals surface area contributed by atoms with Gasteiger partial charge in [0.15, 0.2) is 5.78 Å². The van der Waals surface area contributed by atoms with Gasteiger partial charge < -0.3 is 4.74 Å². The summed E-state index contributed by atoms with van der Waals surface area (Å²) in [4.78, 5) is 22.6. The average Bonchev–Trinajstić information content (AvgIpc) is 2.30. The van der Waals surface area contributed by atoms with Gasteiger partial charge in [-0.1, -0.05) is 30.3 Å². The fourth-order valence-corrected chi connectivity index (χ4v) is 1.84. The molecule has 0 aromatic heterocycles. The maximum Gasteiger partial charge on any atom is 0.315 e. The van der Waals surface area contributed by atoms with Crippen LogP contribution in [0.1, 0.15) is 17.3 Å². The summed E-state index contributed by atoms with van der Waals surface area (Å²) in [5.74, 6) is 0.304. The Morgan fingerprint density at radius 1 is 1.19 bits per heavy atom. The lowest BCUT2D eigenvalue weighted by atomic mass is 10.2. The van der Waals surface area contributed by atoms with Crippen molar-refractivity contribution in [2.75, 3.05) is 18.1 Å². The molecule has 0 atom stereocenters. The summed E-state index contributed by atoms with van der Waals surface area (Å²) >= 11 is 1.28. The molecule has 0 spiro atoms. The van der Waals surface area contributed by atoms with Gasteiger partial charge in [0.1, 0.15) is 0 Å². The van der Waals surface area contributed by atoms with Crippen molar-refractivity contribution in [1.82, 2.24) is 0 Å². The maximum atomic E-state index is 11.6. The lowest BCUT2D eigenvalue weighted by molar-refractivity contribution is -0.139. The minimum absolute atomic E-state index is 0.0369. The van der Waals surface area contributed by atoms with E-state index in [9.17, 15) is 9.59 Å². The van der Waals surface area contributed by atoms with Gasteiger partial charge in [0.25, 0.3) is 0 Å². The summed E-state index contributed by atoms with van der Waals surface area (Å²) in [6, 6.07) is 9.05. The molecular weight excluding hydrogens is 224 g/mol. The first-order valence-corrected chi connectivity index (χ1v) is 6.21. The first-order valence-electron chi connectivity index (χ1n) is 5.05. The fraction of sp³-hybridized carbons (Fsp3) is 0.333. The first kappa shape index (κ1) is 12.8. The van der Waals surface area contributed by atoms with Crippen molar-refractivity contribution in [3.8, 4) is 0 Å². The Labute approximate surface area is 99.2 Å². The van der Waals surface area contributed by atoms with Crippen LogP contribution in [-0.4, -0.2) is 29.9 Å². The second kappa shape index (κ2) is 7.06. The summed E-state index contributed by atoms with van der Waals surface area (Å²) in [6.45, 7) is 2.14. The third-order valence-corrected chi connectivity index (χ3v) is 2.76. The van der Waals surface area contributed by atoms with Gasteiger partial charge in [0.05, 0.1) is 18.1 Å². The highest BCUT2D eigenvalue weighted by Crippen LogP contribution is 2.07. The molecule has 1 aromatic rings. The summed E-state index contributed by atoms with van der Waals surface area (Å²) < 4.78 is 4.76. The van der Waals surface area contributed by atoms with Crippen molar-refractivity contribution < 1.29 is 14.3 Å². The summed E-state index contributed by atoms with van der Waals surface area (Å²) in [5.41, 5.74) is 0.679. The average molecular weight is 238 g/mol. The normalized spacial score (nSPS) is 9.81. The molecule has 4 heteroatoms. The number of hydrogen-bond donors (Lipinski definition) is 0. The van der Waals surface area contributed by atoms with Crippen molar-refractivity contribution in [3.05, 3.63) is 35.9 Å². The second-order valence-electron chi connectivity index (χ2n) is 3.09. The highest BCUT2D eigenvalue weighted by atomic mass is 32.2. The van der Waals surface area contributed by atoms with Gasteiger partial charge in [-0.3, -0.25) is 9.59 Å². The quantitative estimate of drug-likeness (QED) is 0.562. The van der Waals surface area contributed by atoms with Crippen LogP contribution in [0.2, 0.25) is 0 Å². The topological polar surface area (TPSA) is 43.4 Å². The number of ether oxygens (including phenoxy) is 1. The summed E-state index contributed by atoms with van der Waals surface area (Å²) in [7, 11) is 0. The minimum atomic E-state index is -0.270. The van der Waals surface area contributed by atoms with E-state index in [4.69, 9.17) is 4.74 Å². The number of Topliss-reactive ketones (excluding diaryl/α,β-unsaturated/α-hetero) is 1. The molecule has 0 radical (unpaired) electrons. The number of esters is 1. The van der Waals surface area contributed by atoms with E-state index in [0.29, 0.717) is 17.9 Å². The van der Waals surface area contributed by atoms with Crippen molar-refractivity contribution >= 4 is 23.5 Å². The van der Waals surface area contributed by atoms with Crippen LogP contribution in [0.25, 0.3) is 0 Å². The number of benzene rings is 1. The van der Waals surface area contributed by atoms with E-state index >= 15 is 0 Å². The molecule has 0 N–H and O–H groups in total. The van der Waals surface area contributed by atoms with Crippen LogP contribution < -0.4 is 0 Å². The Morgan fingerprint density at radius 3 is 2.50 bits per heavy atom. The Bertz CT molecular complexity index is 349. The van der Waals surface area contributed by atoms with E-state index < -0.39 is 0 Å². The monoisotopic (exact) mass is 238 g/mol. The number of carbonyl (C=O) groups excluding carboxylic acids is 2. The SMILES string of the molecule is CCOC(=O)CSCC(=O)c1ccccc1. The number of thioether (sulfide) groups is 1. The van der Waals surface area contributed by atoms with Gasteiger partial charge in [0.2, 0.25) is 0 Å². The number of carbonyl (C=O) groups is 2. The van der Waals surface area contributed by atoms with Gasteiger partial charge in [0, 0.05) is 5.56 Å². The largest absolute Gasteiger partial charge is 0.465 e. The molecule has 1 aromatic carbocycles. The third kappa shape index (κ3) is 4.49. The van der Waals surface area contributed by atoms with Crippen molar-refractivity contribution in [2.24, 2.45) is 0 Å². The van der Waals surface area contributed by atoms with Crippen molar-refractivity contribution in [2.45, 2.75) is 6.92 Å². The van der Waals surface area contributed by atoms with E-state index in [1.807, 2.05) is 18.2 Å². The number of ketones is 1. The van der Waals surface area contributed by atoms with Crippen LogP contribution in [0, 0.1) is 0 Å². The molecule has 86 valence electrons. The lowest BCUT2D eigenvalue weighted by Gasteiger charge is -2.01. The van der Waals surface area contributed by atoms with Gasteiger partial charge in [-0.25, -0.2) is 0 Å². The lowest BCUT2D eigenvalue weighted by Crippen LogP contribution is -2.09. The molecule has 0 heterocycles. The molecular formula is C12H14O3S. The standard InChI is InChI=1S/C12H14O3S/c1-2-15-12(14)9-16-8-11(13)10-6-4-3-5-7-10/h3-7H,2,8-9H2,1H3. The zero-order chi connectivity index (χ0) is 11.8. The number of hydrogen-bond acceptors (Lipinski definition) is 4. The number of rotatable bonds is 6. The van der Waals surface area contributed by atoms with Crippen LogP contribution in [0.5, 0.6) is 0 Å². The van der Waals surface area contributed by atoms with Gasteiger partial charge in [-0.05, 0) is 6.92 Å². The van der Waals surface area contributed by atoms with Crippen LogP contribution in [0.15, 0.2) is 30.3 Å². The molecule has 0 unspecified atom stereocenters. The summed E-state index contributed by atoms with van der Waals surface area (Å²) in [5, 5.41) is 0. The second-order valence-corrected chi connectivity index (χ2v) is 4.07. The molecule has 0 amide bonds. The van der Waals surface area contributed by atoms with Crippen LogP contribution >= 0.6 is 11.8 Å².